The highest BCUT2D eigenvalue weighted by atomic mass is 32.1. The number of hydrogen-bond acceptors (Lipinski definition) is 5. The number of benzene rings is 1. The average molecular weight is 370 g/mol. The van der Waals surface area contributed by atoms with Gasteiger partial charge < -0.3 is 5.32 Å². The van der Waals surface area contributed by atoms with E-state index in [1.807, 2.05) is 12.1 Å². The van der Waals surface area contributed by atoms with Gasteiger partial charge in [-0.3, -0.25) is 19.9 Å². The minimum absolute atomic E-state index is 0.0785. The number of nitrogens with zero attached hydrogens (tertiary/aromatic N) is 2. The standard InChI is InChI=1S/C18H15FN4O2S/c19-14-6-2-1-5-13(14)16(24)23-18-22-15(11-26-18)17(25)21-9-7-12-4-3-8-20-10-12/h1-6,8,10-11H,7,9H2,(H,21,25)(H,22,23,24). The maximum absolute atomic E-state index is 13.6. The third kappa shape index (κ3) is 4.48. The minimum atomic E-state index is -0.616. The minimum Gasteiger partial charge on any atom is -0.350 e. The molecule has 0 aliphatic rings. The lowest BCUT2D eigenvalue weighted by Gasteiger charge is -2.03. The van der Waals surface area contributed by atoms with E-state index >= 15 is 0 Å². The Hall–Kier alpha value is -3.13. The first-order valence-electron chi connectivity index (χ1n) is 7.82. The van der Waals surface area contributed by atoms with E-state index < -0.39 is 11.7 Å². The number of hydrogen-bond donors (Lipinski definition) is 2. The summed E-state index contributed by atoms with van der Waals surface area (Å²) in [5.41, 5.74) is 1.14. The lowest BCUT2D eigenvalue weighted by Crippen LogP contribution is -2.26. The van der Waals surface area contributed by atoms with Gasteiger partial charge in [0.15, 0.2) is 5.13 Å². The molecule has 3 aromatic rings. The molecular weight excluding hydrogens is 355 g/mol. The molecule has 0 aliphatic carbocycles. The van der Waals surface area contributed by atoms with E-state index in [0.717, 1.165) is 16.9 Å². The molecule has 0 aliphatic heterocycles. The van der Waals surface area contributed by atoms with Gasteiger partial charge in [-0.25, -0.2) is 9.37 Å². The Kier molecular flexibility index (Phi) is 5.65. The van der Waals surface area contributed by atoms with Crippen LogP contribution in [0.3, 0.4) is 0 Å². The zero-order chi connectivity index (χ0) is 18.4. The van der Waals surface area contributed by atoms with E-state index in [-0.39, 0.29) is 22.3 Å². The van der Waals surface area contributed by atoms with Gasteiger partial charge in [-0.2, -0.15) is 0 Å². The maximum atomic E-state index is 13.6. The molecule has 2 amide bonds. The summed E-state index contributed by atoms with van der Waals surface area (Å²) in [5.74, 6) is -1.56. The number of carbonyl (C=O) groups is 2. The molecule has 8 heteroatoms. The van der Waals surface area contributed by atoms with Crippen LogP contribution in [-0.2, 0) is 6.42 Å². The Morgan fingerprint density at radius 3 is 2.73 bits per heavy atom. The van der Waals surface area contributed by atoms with Gasteiger partial charge in [0.25, 0.3) is 11.8 Å². The number of aromatic nitrogens is 2. The summed E-state index contributed by atoms with van der Waals surface area (Å²) in [6.45, 7) is 0.443. The van der Waals surface area contributed by atoms with Gasteiger partial charge in [0.05, 0.1) is 5.56 Å². The topological polar surface area (TPSA) is 84.0 Å². The normalized spacial score (nSPS) is 10.3. The van der Waals surface area contributed by atoms with Gasteiger partial charge in [0, 0.05) is 24.3 Å². The molecule has 0 atom stereocenters. The summed E-state index contributed by atoms with van der Waals surface area (Å²) in [6.07, 6.45) is 4.08. The van der Waals surface area contributed by atoms with E-state index in [1.54, 1.807) is 18.5 Å². The number of halogens is 1. The SMILES string of the molecule is O=C(NCCc1cccnc1)c1csc(NC(=O)c2ccccc2F)n1. The summed E-state index contributed by atoms with van der Waals surface area (Å²) in [7, 11) is 0. The summed E-state index contributed by atoms with van der Waals surface area (Å²) in [4.78, 5) is 32.2. The Labute approximate surface area is 153 Å². The first kappa shape index (κ1) is 17.7. The molecule has 2 heterocycles. The monoisotopic (exact) mass is 370 g/mol. The largest absolute Gasteiger partial charge is 0.350 e. The molecular formula is C18H15FN4O2S. The van der Waals surface area contributed by atoms with Crippen molar-refractivity contribution in [2.24, 2.45) is 0 Å². The first-order chi connectivity index (χ1) is 12.6. The van der Waals surface area contributed by atoms with E-state index in [9.17, 15) is 14.0 Å². The fourth-order valence-corrected chi connectivity index (χ4v) is 2.89. The van der Waals surface area contributed by atoms with Crippen molar-refractivity contribution in [3.63, 3.8) is 0 Å². The van der Waals surface area contributed by atoms with Crippen molar-refractivity contribution in [2.75, 3.05) is 11.9 Å². The molecule has 0 spiro atoms. The number of rotatable bonds is 6. The van der Waals surface area contributed by atoms with Crippen molar-refractivity contribution in [3.05, 3.63) is 76.8 Å². The molecule has 0 saturated carbocycles. The molecule has 0 radical (unpaired) electrons. The van der Waals surface area contributed by atoms with Crippen LogP contribution in [0.2, 0.25) is 0 Å². The van der Waals surface area contributed by atoms with Crippen molar-refractivity contribution in [1.29, 1.82) is 0 Å². The smallest absolute Gasteiger partial charge is 0.270 e. The highest BCUT2D eigenvalue weighted by molar-refractivity contribution is 7.14. The van der Waals surface area contributed by atoms with Gasteiger partial charge in [-0.1, -0.05) is 18.2 Å². The lowest BCUT2D eigenvalue weighted by molar-refractivity contribution is 0.0948. The van der Waals surface area contributed by atoms with E-state index in [0.29, 0.717) is 13.0 Å². The second-order valence-electron chi connectivity index (χ2n) is 5.34. The number of amides is 2. The Balaban J connectivity index is 1.54. The highest BCUT2D eigenvalue weighted by Gasteiger charge is 2.15. The van der Waals surface area contributed by atoms with Gasteiger partial charge in [0.1, 0.15) is 11.5 Å². The van der Waals surface area contributed by atoms with Crippen molar-refractivity contribution in [2.45, 2.75) is 6.42 Å². The first-order valence-corrected chi connectivity index (χ1v) is 8.70. The van der Waals surface area contributed by atoms with Crippen LogP contribution in [0.1, 0.15) is 26.4 Å². The fourth-order valence-electron chi connectivity index (χ4n) is 2.20. The molecule has 0 saturated heterocycles. The average Bonchev–Trinajstić information content (AvgIpc) is 3.11. The Bertz CT molecular complexity index is 914. The van der Waals surface area contributed by atoms with E-state index in [2.05, 4.69) is 20.6 Å². The van der Waals surface area contributed by atoms with Crippen molar-refractivity contribution in [3.8, 4) is 0 Å². The third-order valence-corrected chi connectivity index (χ3v) is 4.26. The van der Waals surface area contributed by atoms with Crippen LogP contribution in [0.25, 0.3) is 0 Å². The fraction of sp³-hybridized carbons (Fsp3) is 0.111. The lowest BCUT2D eigenvalue weighted by atomic mass is 10.2. The van der Waals surface area contributed by atoms with Crippen LogP contribution in [0.5, 0.6) is 0 Å². The predicted molar refractivity (Wildman–Crippen MR) is 96.7 cm³/mol. The summed E-state index contributed by atoms with van der Waals surface area (Å²) in [5, 5.41) is 7.03. The molecule has 132 valence electrons. The van der Waals surface area contributed by atoms with Crippen LogP contribution < -0.4 is 10.6 Å². The predicted octanol–water partition coefficient (Wildman–Crippen LogP) is 2.90. The molecule has 0 unspecified atom stereocenters. The third-order valence-electron chi connectivity index (χ3n) is 3.50. The maximum Gasteiger partial charge on any atom is 0.270 e. The Morgan fingerprint density at radius 2 is 1.96 bits per heavy atom. The summed E-state index contributed by atoms with van der Waals surface area (Å²) in [6, 6.07) is 9.42. The summed E-state index contributed by atoms with van der Waals surface area (Å²) < 4.78 is 13.6. The van der Waals surface area contributed by atoms with Gasteiger partial charge in [-0.05, 0) is 30.2 Å². The quantitative estimate of drug-likeness (QED) is 0.699. The molecule has 2 aromatic heterocycles. The Morgan fingerprint density at radius 1 is 1.12 bits per heavy atom. The number of nitrogens with one attached hydrogen (secondary N) is 2. The number of carbonyl (C=O) groups excluding carboxylic acids is 2. The molecule has 6 nitrogen and oxygen atoms in total. The van der Waals surface area contributed by atoms with Crippen LogP contribution in [0, 0.1) is 5.82 Å². The second kappa shape index (κ2) is 8.30. The second-order valence-corrected chi connectivity index (χ2v) is 6.20. The zero-order valence-electron chi connectivity index (χ0n) is 13.6. The zero-order valence-corrected chi connectivity index (χ0v) is 14.4. The number of anilines is 1. The highest BCUT2D eigenvalue weighted by Crippen LogP contribution is 2.17. The molecule has 3 rings (SSSR count). The molecule has 26 heavy (non-hydrogen) atoms. The number of thiazole rings is 1. The van der Waals surface area contributed by atoms with Gasteiger partial charge in [0.2, 0.25) is 0 Å². The van der Waals surface area contributed by atoms with E-state index in [4.69, 9.17) is 0 Å². The molecule has 0 bridgehead atoms. The molecule has 2 N–H and O–H groups in total. The van der Waals surface area contributed by atoms with Gasteiger partial charge >= 0.3 is 0 Å². The van der Waals surface area contributed by atoms with Crippen LogP contribution >= 0.6 is 11.3 Å². The number of pyridine rings is 1. The van der Waals surface area contributed by atoms with Crippen molar-refractivity contribution < 1.29 is 14.0 Å². The van der Waals surface area contributed by atoms with Gasteiger partial charge in [-0.15, -0.1) is 11.3 Å². The molecule has 0 fully saturated rings. The molecule has 1 aromatic carbocycles. The van der Waals surface area contributed by atoms with Crippen LogP contribution in [-0.4, -0.2) is 28.3 Å². The summed E-state index contributed by atoms with van der Waals surface area (Å²) >= 11 is 1.10. The van der Waals surface area contributed by atoms with Crippen molar-refractivity contribution in [1.82, 2.24) is 15.3 Å². The van der Waals surface area contributed by atoms with Crippen LogP contribution in [0.4, 0.5) is 9.52 Å². The van der Waals surface area contributed by atoms with Crippen molar-refractivity contribution >= 4 is 28.3 Å². The van der Waals surface area contributed by atoms with Crippen LogP contribution in [0.15, 0.2) is 54.2 Å². The van der Waals surface area contributed by atoms with E-state index in [1.165, 1.54) is 23.6 Å².